The normalized spacial score (nSPS) is 17.5. The number of carbonyl (C=O) groups excluding carboxylic acids is 2. The Labute approximate surface area is 163 Å². The van der Waals surface area contributed by atoms with E-state index in [-0.39, 0.29) is 17.5 Å². The average Bonchev–Trinajstić information content (AvgIpc) is 3.16. The van der Waals surface area contributed by atoms with Crippen LogP contribution in [0.25, 0.3) is 0 Å². The van der Waals surface area contributed by atoms with Gasteiger partial charge in [-0.05, 0) is 61.5 Å². The number of methoxy groups -OCH3 is 2. The molecule has 1 aliphatic rings. The summed E-state index contributed by atoms with van der Waals surface area (Å²) < 4.78 is 10.6. The Morgan fingerprint density at radius 2 is 1.96 bits per heavy atom. The Kier molecular flexibility index (Phi) is 6.29. The average molecular weight is 388 g/mol. The first-order valence-electron chi connectivity index (χ1n) is 9.08. The van der Waals surface area contributed by atoms with Crippen LogP contribution in [-0.2, 0) is 6.54 Å². The first kappa shape index (κ1) is 19.6. The summed E-state index contributed by atoms with van der Waals surface area (Å²) in [6.07, 6.45) is 1.89. The Morgan fingerprint density at radius 3 is 2.63 bits per heavy atom. The van der Waals surface area contributed by atoms with Crippen LogP contribution >= 0.6 is 11.3 Å². The van der Waals surface area contributed by atoms with Crippen molar-refractivity contribution in [1.82, 2.24) is 4.90 Å². The second kappa shape index (κ2) is 8.67. The van der Waals surface area contributed by atoms with E-state index in [9.17, 15) is 9.59 Å². The van der Waals surface area contributed by atoms with Crippen LogP contribution in [0.5, 0.6) is 11.5 Å². The molecule has 3 rings (SSSR count). The highest BCUT2D eigenvalue weighted by molar-refractivity contribution is 7.12. The van der Waals surface area contributed by atoms with Gasteiger partial charge in [0.2, 0.25) is 0 Å². The van der Waals surface area contributed by atoms with Crippen LogP contribution in [0, 0.1) is 5.92 Å². The van der Waals surface area contributed by atoms with E-state index >= 15 is 0 Å². The van der Waals surface area contributed by atoms with E-state index in [0.717, 1.165) is 42.9 Å². The number of hydrogen-bond acceptors (Lipinski definition) is 6. The summed E-state index contributed by atoms with van der Waals surface area (Å²) in [7, 11) is 3.16. The molecule has 0 N–H and O–H groups in total. The summed E-state index contributed by atoms with van der Waals surface area (Å²) in [6.45, 7) is 4.08. The van der Waals surface area contributed by atoms with Gasteiger partial charge in [0.25, 0.3) is 0 Å². The van der Waals surface area contributed by atoms with Crippen LogP contribution in [0.1, 0.15) is 45.4 Å². The zero-order valence-electron chi connectivity index (χ0n) is 16.0. The number of Topliss-reactive ketones (excluding diaryl/α,β-unsaturated/α-hetero) is 2. The fourth-order valence-corrected chi connectivity index (χ4v) is 4.35. The highest BCUT2D eigenvalue weighted by Crippen LogP contribution is 2.30. The van der Waals surface area contributed by atoms with Crippen molar-refractivity contribution in [1.29, 1.82) is 0 Å². The predicted octanol–water partition coefficient (Wildman–Crippen LogP) is 4.06. The second-order valence-electron chi connectivity index (χ2n) is 6.88. The van der Waals surface area contributed by atoms with E-state index in [1.165, 1.54) is 11.3 Å². The lowest BCUT2D eigenvalue weighted by atomic mass is 9.89. The van der Waals surface area contributed by atoms with Crippen LogP contribution in [-0.4, -0.2) is 43.8 Å². The Balaban J connectivity index is 1.68. The summed E-state index contributed by atoms with van der Waals surface area (Å²) in [5.74, 6) is 1.42. The number of carbonyl (C=O) groups is 2. The van der Waals surface area contributed by atoms with Crippen molar-refractivity contribution in [3.63, 3.8) is 0 Å². The Morgan fingerprint density at radius 1 is 1.19 bits per heavy atom. The number of ketones is 2. The van der Waals surface area contributed by atoms with Crippen molar-refractivity contribution in [3.05, 3.63) is 45.6 Å². The van der Waals surface area contributed by atoms with Gasteiger partial charge in [0.05, 0.1) is 19.1 Å². The second-order valence-corrected chi connectivity index (χ2v) is 7.79. The van der Waals surface area contributed by atoms with Gasteiger partial charge in [0, 0.05) is 24.6 Å². The van der Waals surface area contributed by atoms with E-state index in [2.05, 4.69) is 4.90 Å². The molecular weight excluding hydrogens is 362 g/mol. The summed E-state index contributed by atoms with van der Waals surface area (Å²) >= 11 is 1.49. The molecule has 144 valence electrons. The molecule has 1 fully saturated rings. The van der Waals surface area contributed by atoms with Crippen molar-refractivity contribution in [2.75, 3.05) is 27.3 Å². The zero-order valence-corrected chi connectivity index (χ0v) is 16.8. The summed E-state index contributed by atoms with van der Waals surface area (Å²) in [6, 6.07) is 7.31. The monoisotopic (exact) mass is 387 g/mol. The van der Waals surface area contributed by atoms with Gasteiger partial charge in [-0.2, -0.15) is 0 Å². The molecule has 0 radical (unpaired) electrons. The van der Waals surface area contributed by atoms with Crippen LogP contribution in [0.4, 0.5) is 0 Å². The quantitative estimate of drug-likeness (QED) is 0.671. The van der Waals surface area contributed by atoms with Gasteiger partial charge in [-0.1, -0.05) is 0 Å². The fourth-order valence-electron chi connectivity index (χ4n) is 3.54. The maximum absolute atomic E-state index is 13.0. The van der Waals surface area contributed by atoms with E-state index in [1.807, 2.05) is 11.4 Å². The molecule has 27 heavy (non-hydrogen) atoms. The topological polar surface area (TPSA) is 55.8 Å². The van der Waals surface area contributed by atoms with Crippen molar-refractivity contribution in [3.8, 4) is 11.5 Å². The van der Waals surface area contributed by atoms with Crippen molar-refractivity contribution >= 4 is 22.9 Å². The lowest BCUT2D eigenvalue weighted by Crippen LogP contribution is -2.38. The Hall–Kier alpha value is -2.18. The first-order valence-corrected chi connectivity index (χ1v) is 9.96. The minimum absolute atomic E-state index is 0.0252. The highest BCUT2D eigenvalue weighted by atomic mass is 32.1. The van der Waals surface area contributed by atoms with Gasteiger partial charge in [-0.3, -0.25) is 14.5 Å². The largest absolute Gasteiger partial charge is 0.493 e. The fraction of sp³-hybridized carbons (Fsp3) is 0.429. The van der Waals surface area contributed by atoms with E-state index < -0.39 is 0 Å². The maximum atomic E-state index is 13.0. The lowest BCUT2D eigenvalue weighted by molar-refractivity contribution is 0.0811. The van der Waals surface area contributed by atoms with Gasteiger partial charge in [0.15, 0.2) is 23.1 Å². The van der Waals surface area contributed by atoms with Gasteiger partial charge < -0.3 is 9.47 Å². The number of benzene rings is 1. The number of rotatable bonds is 7. The lowest BCUT2D eigenvalue weighted by Gasteiger charge is -2.31. The van der Waals surface area contributed by atoms with Gasteiger partial charge in [-0.15, -0.1) is 11.3 Å². The number of nitrogens with zero attached hydrogens (tertiary/aromatic N) is 1. The molecule has 0 unspecified atom stereocenters. The molecule has 2 heterocycles. The molecular formula is C21H25NO4S. The van der Waals surface area contributed by atoms with E-state index in [4.69, 9.17) is 9.47 Å². The molecule has 0 saturated carbocycles. The molecule has 1 aliphatic heterocycles. The van der Waals surface area contributed by atoms with Crippen molar-refractivity contribution in [2.45, 2.75) is 26.3 Å². The van der Waals surface area contributed by atoms with Crippen LogP contribution in [0.2, 0.25) is 0 Å². The summed E-state index contributed by atoms with van der Waals surface area (Å²) in [5, 5.41) is 2.04. The molecule has 1 saturated heterocycles. The first-order chi connectivity index (χ1) is 13.0. The number of piperidine rings is 1. The van der Waals surface area contributed by atoms with E-state index in [0.29, 0.717) is 17.1 Å². The van der Waals surface area contributed by atoms with Crippen molar-refractivity contribution < 1.29 is 19.1 Å². The van der Waals surface area contributed by atoms with Gasteiger partial charge in [-0.25, -0.2) is 0 Å². The standard InChI is InChI=1S/C21H25NO4S/c1-14(23)20-9-15(13-27-20)11-22-8-4-5-17(12-22)21(24)16-6-7-18(25-2)19(10-16)26-3/h6-7,9-10,13,17H,4-5,8,11-12H2,1-3H3/t17-/m1/s1. The smallest absolute Gasteiger partial charge is 0.169 e. The molecule has 1 aromatic heterocycles. The Bertz CT molecular complexity index is 829. The van der Waals surface area contributed by atoms with Crippen LogP contribution in [0.15, 0.2) is 29.6 Å². The SMILES string of the molecule is COc1ccc(C(=O)[C@@H]2CCCN(Cc3csc(C(C)=O)c3)C2)cc1OC. The third kappa shape index (κ3) is 4.57. The third-order valence-electron chi connectivity index (χ3n) is 4.95. The zero-order chi connectivity index (χ0) is 19.4. The molecule has 6 heteroatoms. The number of likely N-dealkylation sites (tertiary alicyclic amines) is 1. The number of hydrogen-bond donors (Lipinski definition) is 0. The molecule has 0 aliphatic carbocycles. The molecule has 5 nitrogen and oxygen atoms in total. The summed E-state index contributed by atoms with van der Waals surface area (Å²) in [5.41, 5.74) is 1.80. The molecule has 1 atom stereocenters. The third-order valence-corrected chi connectivity index (χ3v) is 6.03. The van der Waals surface area contributed by atoms with Crippen LogP contribution in [0.3, 0.4) is 0 Å². The predicted molar refractivity (Wildman–Crippen MR) is 106 cm³/mol. The molecule has 0 bridgehead atoms. The minimum atomic E-state index is -0.0252. The van der Waals surface area contributed by atoms with Crippen LogP contribution < -0.4 is 9.47 Å². The van der Waals surface area contributed by atoms with Crippen molar-refractivity contribution in [2.24, 2.45) is 5.92 Å². The van der Waals surface area contributed by atoms with Gasteiger partial charge in [0.1, 0.15) is 0 Å². The minimum Gasteiger partial charge on any atom is -0.493 e. The number of thiophene rings is 1. The number of ether oxygens (including phenoxy) is 2. The highest BCUT2D eigenvalue weighted by Gasteiger charge is 2.27. The molecule has 1 aromatic carbocycles. The summed E-state index contributed by atoms with van der Waals surface area (Å²) in [4.78, 5) is 27.6. The molecule has 0 amide bonds. The van der Waals surface area contributed by atoms with E-state index in [1.54, 1.807) is 39.3 Å². The molecule has 2 aromatic rings. The maximum Gasteiger partial charge on any atom is 0.169 e. The van der Waals surface area contributed by atoms with Gasteiger partial charge >= 0.3 is 0 Å². The molecule has 0 spiro atoms.